The van der Waals surface area contributed by atoms with Crippen molar-refractivity contribution in [3.63, 3.8) is 0 Å². The number of aliphatic hydroxyl groups excluding tert-OH is 1. The molecule has 7 heavy (non-hydrogen) atoms. The molecule has 0 fully saturated rings. The van der Waals surface area contributed by atoms with Gasteiger partial charge in [-0.15, -0.1) is 0 Å². The molecule has 0 saturated carbocycles. The Morgan fingerprint density at radius 1 is 1.71 bits per heavy atom. The first-order valence-electron chi connectivity index (χ1n) is 2.29. The van der Waals surface area contributed by atoms with Gasteiger partial charge in [-0.1, -0.05) is 26.5 Å². The number of aliphatic hydroxyl groups is 1. The van der Waals surface area contributed by atoms with Gasteiger partial charge in [-0.2, -0.15) is 0 Å². The minimum atomic E-state index is -0.208. The zero-order chi connectivity index (χ0) is 5.91. The van der Waals surface area contributed by atoms with Gasteiger partial charge >= 0.3 is 0 Å². The van der Waals surface area contributed by atoms with Gasteiger partial charge in [0, 0.05) is 5.41 Å². The monoisotopic (exact) mass is 99.1 g/mol. The summed E-state index contributed by atoms with van der Waals surface area (Å²) < 4.78 is 0. The van der Waals surface area contributed by atoms with Crippen molar-refractivity contribution in [3.05, 3.63) is 12.7 Å². The van der Waals surface area contributed by atoms with Gasteiger partial charge in [0.1, 0.15) is 0 Å². The SMILES string of the molecule is [CH]=CC(C)(C)CO. The van der Waals surface area contributed by atoms with Crippen LogP contribution in [0.15, 0.2) is 6.08 Å². The molecule has 0 unspecified atom stereocenters. The van der Waals surface area contributed by atoms with E-state index in [-0.39, 0.29) is 12.0 Å². The van der Waals surface area contributed by atoms with Crippen LogP contribution in [0.25, 0.3) is 0 Å². The molecule has 0 aromatic carbocycles. The lowest BCUT2D eigenvalue weighted by molar-refractivity contribution is 0.199. The quantitative estimate of drug-likeness (QED) is 0.547. The molecular formula is C6H11O. The largest absolute Gasteiger partial charge is 0.395 e. The highest BCUT2D eigenvalue weighted by atomic mass is 16.3. The summed E-state index contributed by atoms with van der Waals surface area (Å²) in [5.74, 6) is 0. The molecule has 0 aliphatic heterocycles. The van der Waals surface area contributed by atoms with Gasteiger partial charge in [-0.25, -0.2) is 0 Å². The first-order chi connectivity index (χ1) is 3.12. The predicted molar refractivity (Wildman–Crippen MR) is 29.7 cm³/mol. The minimum Gasteiger partial charge on any atom is -0.395 e. The van der Waals surface area contributed by atoms with Crippen LogP contribution in [0.4, 0.5) is 0 Å². The van der Waals surface area contributed by atoms with E-state index < -0.39 is 0 Å². The maximum atomic E-state index is 8.48. The summed E-state index contributed by atoms with van der Waals surface area (Å²) in [6.07, 6.45) is 1.49. The maximum absolute atomic E-state index is 8.48. The van der Waals surface area contributed by atoms with E-state index in [1.54, 1.807) is 0 Å². The Morgan fingerprint density at radius 3 is 2.14 bits per heavy atom. The molecule has 1 heteroatoms. The van der Waals surface area contributed by atoms with E-state index in [9.17, 15) is 0 Å². The average molecular weight is 99.2 g/mol. The minimum absolute atomic E-state index is 0.115. The van der Waals surface area contributed by atoms with E-state index in [0.29, 0.717) is 0 Å². The average Bonchev–Trinajstić information content (AvgIpc) is 1.68. The second-order valence-corrected chi connectivity index (χ2v) is 2.31. The molecule has 0 aliphatic carbocycles. The van der Waals surface area contributed by atoms with Crippen molar-refractivity contribution in [3.8, 4) is 0 Å². The standard InChI is InChI=1S/C6H11O/c1-4-6(2,3)5-7/h1,4,7H,5H2,2-3H3. The predicted octanol–water partition coefficient (Wildman–Crippen LogP) is 0.994. The summed E-state index contributed by atoms with van der Waals surface area (Å²) in [5, 5.41) is 8.48. The lowest BCUT2D eigenvalue weighted by atomic mass is 9.96. The summed E-state index contributed by atoms with van der Waals surface area (Å²) in [4.78, 5) is 0. The Bertz CT molecular complexity index is 64.6. The molecule has 0 amide bonds. The van der Waals surface area contributed by atoms with Gasteiger partial charge < -0.3 is 5.11 Å². The van der Waals surface area contributed by atoms with E-state index in [2.05, 4.69) is 0 Å². The maximum Gasteiger partial charge on any atom is 0.0516 e. The number of rotatable bonds is 2. The van der Waals surface area contributed by atoms with E-state index in [0.717, 1.165) is 0 Å². The number of hydrogen-bond donors (Lipinski definition) is 1. The molecule has 0 atom stereocenters. The molecule has 41 valence electrons. The van der Waals surface area contributed by atoms with Crippen molar-refractivity contribution in [2.45, 2.75) is 13.8 Å². The van der Waals surface area contributed by atoms with Gasteiger partial charge in [-0.3, -0.25) is 0 Å². The number of hydrogen-bond acceptors (Lipinski definition) is 1. The van der Waals surface area contributed by atoms with Crippen LogP contribution in [0.1, 0.15) is 13.8 Å². The zero-order valence-corrected chi connectivity index (χ0v) is 4.81. The van der Waals surface area contributed by atoms with Crippen LogP contribution in [0.3, 0.4) is 0 Å². The fraction of sp³-hybridized carbons (Fsp3) is 0.667. The summed E-state index contributed by atoms with van der Waals surface area (Å²) in [6.45, 7) is 8.98. The van der Waals surface area contributed by atoms with Crippen molar-refractivity contribution in [2.24, 2.45) is 5.41 Å². The highest BCUT2D eigenvalue weighted by Crippen LogP contribution is 2.12. The normalized spacial score (nSPS) is 11.3. The summed E-state index contributed by atoms with van der Waals surface area (Å²) in [6, 6.07) is 0. The van der Waals surface area contributed by atoms with E-state index in [1.165, 1.54) is 6.08 Å². The van der Waals surface area contributed by atoms with E-state index in [4.69, 9.17) is 11.7 Å². The molecule has 1 N–H and O–H groups in total. The van der Waals surface area contributed by atoms with E-state index in [1.807, 2.05) is 13.8 Å². The van der Waals surface area contributed by atoms with Crippen LogP contribution in [0.5, 0.6) is 0 Å². The fourth-order valence-corrected chi connectivity index (χ4v) is 0.0527. The third-order valence-electron chi connectivity index (χ3n) is 0.859. The van der Waals surface area contributed by atoms with Crippen molar-refractivity contribution in [1.29, 1.82) is 0 Å². The summed E-state index contributed by atoms with van der Waals surface area (Å²) in [5.41, 5.74) is -0.208. The third-order valence-corrected chi connectivity index (χ3v) is 0.859. The first kappa shape index (κ1) is 6.70. The van der Waals surface area contributed by atoms with Gasteiger partial charge in [0.05, 0.1) is 6.61 Å². The molecule has 0 aromatic heterocycles. The van der Waals surface area contributed by atoms with Gasteiger partial charge in [0.25, 0.3) is 0 Å². The smallest absolute Gasteiger partial charge is 0.0516 e. The van der Waals surface area contributed by atoms with Crippen LogP contribution in [-0.2, 0) is 0 Å². The molecule has 0 heterocycles. The van der Waals surface area contributed by atoms with Gasteiger partial charge in [-0.05, 0) is 0 Å². The van der Waals surface area contributed by atoms with Gasteiger partial charge in [0.15, 0.2) is 0 Å². The molecule has 0 aromatic rings. The molecule has 1 radical (unpaired) electrons. The highest BCUT2D eigenvalue weighted by Gasteiger charge is 2.08. The third kappa shape index (κ3) is 2.40. The van der Waals surface area contributed by atoms with Crippen LogP contribution in [-0.4, -0.2) is 11.7 Å². The topological polar surface area (TPSA) is 20.2 Å². The molecule has 0 spiro atoms. The zero-order valence-electron chi connectivity index (χ0n) is 4.81. The van der Waals surface area contributed by atoms with Crippen molar-refractivity contribution >= 4 is 0 Å². The lowest BCUT2D eigenvalue weighted by Gasteiger charge is -2.13. The van der Waals surface area contributed by atoms with Gasteiger partial charge in [0.2, 0.25) is 0 Å². The molecule has 1 nitrogen and oxygen atoms in total. The van der Waals surface area contributed by atoms with Crippen molar-refractivity contribution in [2.75, 3.05) is 6.61 Å². The molecule has 0 bridgehead atoms. The Labute approximate surface area is 44.7 Å². The van der Waals surface area contributed by atoms with Crippen molar-refractivity contribution in [1.82, 2.24) is 0 Å². The van der Waals surface area contributed by atoms with E-state index >= 15 is 0 Å². The van der Waals surface area contributed by atoms with Crippen LogP contribution in [0.2, 0.25) is 0 Å². The fourth-order valence-electron chi connectivity index (χ4n) is 0.0527. The Hall–Kier alpha value is -0.300. The Balaban J connectivity index is 3.58. The first-order valence-corrected chi connectivity index (χ1v) is 2.29. The lowest BCUT2D eigenvalue weighted by Crippen LogP contribution is -2.11. The van der Waals surface area contributed by atoms with Crippen LogP contribution < -0.4 is 0 Å². The molecule has 0 rings (SSSR count). The molecular weight excluding hydrogens is 88.1 g/mol. The van der Waals surface area contributed by atoms with Crippen LogP contribution >= 0.6 is 0 Å². The Kier molecular flexibility index (Phi) is 2.03. The second kappa shape index (κ2) is 2.12. The molecule has 0 saturated heterocycles. The van der Waals surface area contributed by atoms with Crippen molar-refractivity contribution < 1.29 is 5.11 Å². The highest BCUT2D eigenvalue weighted by molar-refractivity contribution is 4.84. The van der Waals surface area contributed by atoms with Crippen LogP contribution in [0, 0.1) is 12.0 Å². The summed E-state index contributed by atoms with van der Waals surface area (Å²) in [7, 11) is 0. The summed E-state index contributed by atoms with van der Waals surface area (Å²) >= 11 is 0. The second-order valence-electron chi connectivity index (χ2n) is 2.31. The molecule has 0 aliphatic rings. The Morgan fingerprint density at radius 2 is 2.14 bits per heavy atom.